The number of hydrogen-bond donors (Lipinski definition) is 1. The number of hydrogen-bond acceptors (Lipinski definition) is 1. The van der Waals surface area contributed by atoms with Gasteiger partial charge in [0.2, 0.25) is 0 Å². The third-order valence-corrected chi connectivity index (χ3v) is 4.70. The normalized spacial score (nSPS) is 35.6. The monoisotopic (exact) mass is 209 g/mol. The van der Waals surface area contributed by atoms with Crippen molar-refractivity contribution in [1.82, 2.24) is 5.32 Å². The van der Waals surface area contributed by atoms with Crippen LogP contribution >= 0.6 is 0 Å². The fraction of sp³-hybridized carbons (Fsp3) is 1.00. The van der Waals surface area contributed by atoms with Gasteiger partial charge in [-0.3, -0.25) is 0 Å². The average Bonchev–Trinajstić information content (AvgIpc) is 2.74. The molecule has 0 aromatic rings. The Bertz CT molecular complexity index is 184. The summed E-state index contributed by atoms with van der Waals surface area (Å²) >= 11 is 0. The lowest BCUT2D eigenvalue weighted by Gasteiger charge is -2.34. The molecule has 2 fully saturated rings. The second-order valence-electron chi connectivity index (χ2n) is 5.87. The maximum atomic E-state index is 3.91. The lowest BCUT2D eigenvalue weighted by atomic mass is 9.84. The third kappa shape index (κ3) is 2.96. The zero-order valence-corrected chi connectivity index (χ0v) is 10.5. The van der Waals surface area contributed by atoms with Crippen molar-refractivity contribution >= 4 is 0 Å². The van der Waals surface area contributed by atoms with Gasteiger partial charge in [-0.15, -0.1) is 0 Å². The lowest BCUT2D eigenvalue weighted by molar-refractivity contribution is 0.235. The van der Waals surface area contributed by atoms with Crippen LogP contribution in [0.1, 0.15) is 65.2 Å². The Balaban J connectivity index is 1.78. The molecule has 1 nitrogen and oxygen atoms in total. The van der Waals surface area contributed by atoms with Crippen LogP contribution in [-0.2, 0) is 0 Å². The molecular weight excluding hydrogens is 182 g/mol. The summed E-state index contributed by atoms with van der Waals surface area (Å²) in [6.07, 6.45) is 11.6. The maximum absolute atomic E-state index is 3.91. The standard InChI is InChI=1S/C14H27N/c1-11-7-3-6-10-14(11)15-12(2)13-8-4-5-9-13/h11-15H,3-10H2,1-2H3/t11?,12-,14?/m0/s1. The van der Waals surface area contributed by atoms with Gasteiger partial charge in [-0.05, 0) is 44.4 Å². The highest BCUT2D eigenvalue weighted by Gasteiger charge is 2.27. The van der Waals surface area contributed by atoms with Gasteiger partial charge in [-0.1, -0.05) is 32.6 Å². The zero-order chi connectivity index (χ0) is 10.7. The summed E-state index contributed by atoms with van der Waals surface area (Å²) in [4.78, 5) is 0. The Morgan fingerprint density at radius 1 is 0.933 bits per heavy atom. The largest absolute Gasteiger partial charge is 0.311 e. The number of nitrogens with one attached hydrogen (secondary N) is 1. The SMILES string of the molecule is CC1CCCCC1N[C@@H](C)C1CCCC1. The molecule has 1 N–H and O–H groups in total. The van der Waals surface area contributed by atoms with Crippen molar-refractivity contribution in [3.63, 3.8) is 0 Å². The predicted molar refractivity (Wildman–Crippen MR) is 66.0 cm³/mol. The van der Waals surface area contributed by atoms with Gasteiger partial charge < -0.3 is 5.32 Å². The lowest BCUT2D eigenvalue weighted by Crippen LogP contribution is -2.44. The Morgan fingerprint density at radius 2 is 1.53 bits per heavy atom. The molecule has 2 unspecified atom stereocenters. The van der Waals surface area contributed by atoms with Gasteiger partial charge in [0.15, 0.2) is 0 Å². The molecule has 0 aromatic carbocycles. The molecule has 0 bridgehead atoms. The molecule has 0 saturated heterocycles. The molecule has 2 aliphatic rings. The second kappa shape index (κ2) is 5.34. The van der Waals surface area contributed by atoms with Crippen LogP contribution in [0.4, 0.5) is 0 Å². The molecule has 0 aliphatic heterocycles. The van der Waals surface area contributed by atoms with Gasteiger partial charge in [0.05, 0.1) is 0 Å². The summed E-state index contributed by atoms with van der Waals surface area (Å²) in [7, 11) is 0. The minimum atomic E-state index is 0.762. The van der Waals surface area contributed by atoms with Crippen LogP contribution < -0.4 is 5.32 Å². The van der Waals surface area contributed by atoms with Crippen molar-refractivity contribution in [1.29, 1.82) is 0 Å². The molecule has 15 heavy (non-hydrogen) atoms. The van der Waals surface area contributed by atoms with Gasteiger partial charge in [0.1, 0.15) is 0 Å². The van der Waals surface area contributed by atoms with E-state index < -0.39 is 0 Å². The molecule has 88 valence electrons. The van der Waals surface area contributed by atoms with Gasteiger partial charge in [-0.2, -0.15) is 0 Å². The molecule has 3 atom stereocenters. The highest BCUT2D eigenvalue weighted by atomic mass is 15.0. The summed E-state index contributed by atoms with van der Waals surface area (Å²) in [5, 5.41) is 3.91. The zero-order valence-electron chi connectivity index (χ0n) is 10.5. The maximum Gasteiger partial charge on any atom is 0.00952 e. The molecule has 2 saturated carbocycles. The van der Waals surface area contributed by atoms with Gasteiger partial charge in [0.25, 0.3) is 0 Å². The van der Waals surface area contributed by atoms with Crippen LogP contribution in [0.3, 0.4) is 0 Å². The number of rotatable bonds is 3. The van der Waals surface area contributed by atoms with E-state index in [9.17, 15) is 0 Å². The topological polar surface area (TPSA) is 12.0 Å². The Kier molecular flexibility index (Phi) is 4.07. The van der Waals surface area contributed by atoms with Crippen LogP contribution in [0, 0.1) is 11.8 Å². The van der Waals surface area contributed by atoms with Crippen molar-refractivity contribution in [3.05, 3.63) is 0 Å². The second-order valence-corrected chi connectivity index (χ2v) is 5.87. The van der Waals surface area contributed by atoms with Crippen molar-refractivity contribution < 1.29 is 0 Å². The van der Waals surface area contributed by atoms with Crippen LogP contribution in [0.15, 0.2) is 0 Å². The average molecular weight is 209 g/mol. The summed E-state index contributed by atoms with van der Waals surface area (Å²) in [5.74, 6) is 1.88. The third-order valence-electron chi connectivity index (χ3n) is 4.70. The Morgan fingerprint density at radius 3 is 2.20 bits per heavy atom. The van der Waals surface area contributed by atoms with E-state index in [2.05, 4.69) is 19.2 Å². The van der Waals surface area contributed by atoms with Gasteiger partial charge >= 0.3 is 0 Å². The predicted octanol–water partition coefficient (Wildman–Crippen LogP) is 3.73. The highest BCUT2D eigenvalue weighted by Crippen LogP contribution is 2.30. The minimum absolute atomic E-state index is 0.762. The summed E-state index contributed by atoms with van der Waals surface area (Å²) < 4.78 is 0. The summed E-state index contributed by atoms with van der Waals surface area (Å²) in [6, 6.07) is 1.58. The van der Waals surface area contributed by atoms with Crippen LogP contribution in [-0.4, -0.2) is 12.1 Å². The van der Waals surface area contributed by atoms with Crippen molar-refractivity contribution in [2.45, 2.75) is 77.3 Å². The summed E-state index contributed by atoms with van der Waals surface area (Å²) in [5.41, 5.74) is 0. The molecule has 1 heteroatoms. The van der Waals surface area contributed by atoms with E-state index in [0.29, 0.717) is 0 Å². The van der Waals surface area contributed by atoms with Crippen molar-refractivity contribution in [3.8, 4) is 0 Å². The highest BCUT2D eigenvalue weighted by molar-refractivity contribution is 4.84. The van der Waals surface area contributed by atoms with E-state index in [1.54, 1.807) is 0 Å². The first-order valence-corrected chi connectivity index (χ1v) is 7.03. The fourth-order valence-corrected chi connectivity index (χ4v) is 3.50. The minimum Gasteiger partial charge on any atom is -0.311 e. The first kappa shape index (κ1) is 11.4. The Labute approximate surface area is 95.0 Å². The van der Waals surface area contributed by atoms with E-state index in [0.717, 1.165) is 23.9 Å². The van der Waals surface area contributed by atoms with Crippen LogP contribution in [0.5, 0.6) is 0 Å². The first-order chi connectivity index (χ1) is 7.27. The van der Waals surface area contributed by atoms with E-state index in [1.807, 2.05) is 0 Å². The Hall–Kier alpha value is -0.0400. The van der Waals surface area contributed by atoms with Crippen molar-refractivity contribution in [2.75, 3.05) is 0 Å². The molecule has 2 aliphatic carbocycles. The summed E-state index contributed by atoms with van der Waals surface area (Å²) in [6.45, 7) is 4.84. The first-order valence-electron chi connectivity index (χ1n) is 7.03. The van der Waals surface area contributed by atoms with E-state index in [4.69, 9.17) is 0 Å². The molecule has 0 heterocycles. The molecular formula is C14H27N. The van der Waals surface area contributed by atoms with Gasteiger partial charge in [0, 0.05) is 12.1 Å². The quantitative estimate of drug-likeness (QED) is 0.747. The molecule has 0 spiro atoms. The van der Waals surface area contributed by atoms with Crippen LogP contribution in [0.2, 0.25) is 0 Å². The van der Waals surface area contributed by atoms with Gasteiger partial charge in [-0.25, -0.2) is 0 Å². The fourth-order valence-electron chi connectivity index (χ4n) is 3.50. The van der Waals surface area contributed by atoms with E-state index in [-0.39, 0.29) is 0 Å². The molecule has 0 radical (unpaired) electrons. The molecule has 0 aromatic heterocycles. The smallest absolute Gasteiger partial charge is 0.00952 e. The van der Waals surface area contributed by atoms with E-state index in [1.165, 1.54) is 51.4 Å². The van der Waals surface area contributed by atoms with E-state index >= 15 is 0 Å². The molecule has 2 rings (SSSR count). The van der Waals surface area contributed by atoms with Crippen molar-refractivity contribution in [2.24, 2.45) is 11.8 Å². The molecule has 0 amide bonds. The van der Waals surface area contributed by atoms with Crippen LogP contribution in [0.25, 0.3) is 0 Å².